The number of hydrogen-bond donors (Lipinski definition) is 1. The predicted molar refractivity (Wildman–Crippen MR) is 54.5 cm³/mol. The Bertz CT molecular complexity index is 31.3. The average Bonchev–Trinajstić information content (AvgIpc) is 2.06. The fourth-order valence-electron chi connectivity index (χ4n) is 0.500. The van der Waals surface area contributed by atoms with Crippen LogP contribution in [-0.2, 0) is 0 Å². The average molecular weight is 203 g/mol. The molecule has 0 aromatic rings. The van der Waals surface area contributed by atoms with E-state index in [1.165, 1.54) is 25.7 Å². The summed E-state index contributed by atoms with van der Waals surface area (Å²) in [7, 11) is 1.00. The summed E-state index contributed by atoms with van der Waals surface area (Å²) < 4.78 is 0. The summed E-state index contributed by atoms with van der Waals surface area (Å²) in [6.45, 7) is 4.46. The molecule has 0 saturated carbocycles. The molecular formula is C8H20Cl2O. The maximum Gasteiger partial charge on any atom is 0.0967 e. The zero-order valence-corrected chi connectivity index (χ0v) is 9.25. The standard InChI is InChI=1S/C6H14.CH2Cl2.CH4O/c1-3-5-6-4-2;2-1-3;1-2/h3-6H2,1-2H3;1H2;2H,1H3. The number of unbranched alkanes of at least 4 members (excludes halogenated alkanes) is 3. The fourth-order valence-corrected chi connectivity index (χ4v) is 0.500. The van der Waals surface area contributed by atoms with Gasteiger partial charge in [0.05, 0.1) is 5.34 Å². The highest BCUT2D eigenvalue weighted by molar-refractivity contribution is 6.40. The van der Waals surface area contributed by atoms with Crippen molar-refractivity contribution in [3.8, 4) is 0 Å². The van der Waals surface area contributed by atoms with Gasteiger partial charge in [-0.25, -0.2) is 0 Å². The molecule has 1 N–H and O–H groups in total. The predicted octanol–water partition coefficient (Wildman–Crippen LogP) is 3.62. The Morgan fingerprint density at radius 3 is 1.18 bits per heavy atom. The molecule has 0 fully saturated rings. The van der Waals surface area contributed by atoms with Crippen LogP contribution >= 0.6 is 23.2 Å². The first-order chi connectivity index (χ1) is 5.33. The molecule has 0 atom stereocenters. The van der Waals surface area contributed by atoms with Gasteiger partial charge in [0.25, 0.3) is 0 Å². The lowest BCUT2D eigenvalue weighted by atomic mass is 10.2. The van der Waals surface area contributed by atoms with Gasteiger partial charge in [-0.2, -0.15) is 0 Å². The van der Waals surface area contributed by atoms with Crippen LogP contribution in [0, 0.1) is 0 Å². The summed E-state index contributed by atoms with van der Waals surface area (Å²) in [5.74, 6) is 0. The molecule has 0 spiro atoms. The van der Waals surface area contributed by atoms with Gasteiger partial charge >= 0.3 is 0 Å². The molecule has 0 amide bonds. The van der Waals surface area contributed by atoms with Gasteiger partial charge in [-0.05, 0) is 0 Å². The Hall–Kier alpha value is 0.540. The zero-order valence-electron chi connectivity index (χ0n) is 7.74. The highest BCUT2D eigenvalue weighted by Gasteiger charge is 1.75. The molecule has 0 rings (SSSR count). The van der Waals surface area contributed by atoms with Gasteiger partial charge in [0.1, 0.15) is 0 Å². The van der Waals surface area contributed by atoms with E-state index >= 15 is 0 Å². The Kier molecular flexibility index (Phi) is 49.9. The van der Waals surface area contributed by atoms with Crippen LogP contribution in [0.15, 0.2) is 0 Å². The number of hydrogen-bond acceptors (Lipinski definition) is 1. The largest absolute Gasteiger partial charge is 0.400 e. The van der Waals surface area contributed by atoms with Crippen LogP contribution in [0.25, 0.3) is 0 Å². The summed E-state index contributed by atoms with van der Waals surface area (Å²) in [5.41, 5.74) is 0. The lowest BCUT2D eigenvalue weighted by molar-refractivity contribution is 0.399. The van der Waals surface area contributed by atoms with Crippen molar-refractivity contribution in [2.24, 2.45) is 0 Å². The monoisotopic (exact) mass is 202 g/mol. The smallest absolute Gasteiger partial charge is 0.0967 e. The van der Waals surface area contributed by atoms with E-state index in [0.717, 1.165) is 7.11 Å². The third-order valence-electron chi connectivity index (χ3n) is 0.957. The van der Waals surface area contributed by atoms with Crippen molar-refractivity contribution in [1.82, 2.24) is 0 Å². The summed E-state index contributed by atoms with van der Waals surface area (Å²) in [5, 5.41) is 7.19. The minimum absolute atomic E-state index is 0.194. The van der Waals surface area contributed by atoms with Crippen molar-refractivity contribution < 1.29 is 5.11 Å². The second kappa shape index (κ2) is 31.3. The van der Waals surface area contributed by atoms with Crippen LogP contribution in [0.1, 0.15) is 39.5 Å². The molecule has 0 radical (unpaired) electrons. The molecule has 72 valence electrons. The molecule has 0 aliphatic carbocycles. The van der Waals surface area contributed by atoms with Crippen LogP contribution in [0.3, 0.4) is 0 Å². The molecule has 0 aromatic carbocycles. The topological polar surface area (TPSA) is 20.2 Å². The lowest BCUT2D eigenvalue weighted by Gasteiger charge is -1.86. The summed E-state index contributed by atoms with van der Waals surface area (Å²) in [6.07, 6.45) is 5.54. The summed E-state index contributed by atoms with van der Waals surface area (Å²) >= 11 is 9.53. The second-order valence-corrected chi connectivity index (χ2v) is 2.62. The maximum absolute atomic E-state index is 7.00. The SMILES string of the molecule is CCCCCC.CO.ClCCl. The first kappa shape index (κ1) is 17.6. The van der Waals surface area contributed by atoms with E-state index in [1.807, 2.05) is 0 Å². The van der Waals surface area contributed by atoms with Crippen molar-refractivity contribution in [3.63, 3.8) is 0 Å². The first-order valence-corrected chi connectivity index (χ1v) is 4.96. The number of aliphatic hydroxyl groups is 1. The van der Waals surface area contributed by atoms with Gasteiger partial charge in [0, 0.05) is 7.11 Å². The molecule has 0 aliphatic rings. The highest BCUT2D eigenvalue weighted by Crippen LogP contribution is 1.95. The highest BCUT2D eigenvalue weighted by atomic mass is 35.5. The van der Waals surface area contributed by atoms with Crippen LogP contribution in [0.4, 0.5) is 0 Å². The van der Waals surface area contributed by atoms with Gasteiger partial charge < -0.3 is 5.11 Å². The minimum Gasteiger partial charge on any atom is -0.400 e. The fraction of sp³-hybridized carbons (Fsp3) is 1.00. The molecule has 1 nitrogen and oxygen atoms in total. The van der Waals surface area contributed by atoms with E-state index in [2.05, 4.69) is 13.8 Å². The van der Waals surface area contributed by atoms with Crippen molar-refractivity contribution in [2.75, 3.05) is 12.4 Å². The van der Waals surface area contributed by atoms with Crippen LogP contribution in [0.2, 0.25) is 0 Å². The Balaban J connectivity index is -0.000000109. The number of halogens is 2. The molecule has 0 unspecified atom stereocenters. The third-order valence-corrected chi connectivity index (χ3v) is 0.957. The molecule has 0 aliphatic heterocycles. The normalized spacial score (nSPS) is 7.09. The molecule has 0 saturated heterocycles. The van der Waals surface area contributed by atoms with Crippen molar-refractivity contribution in [3.05, 3.63) is 0 Å². The Morgan fingerprint density at radius 1 is 0.909 bits per heavy atom. The van der Waals surface area contributed by atoms with E-state index in [-0.39, 0.29) is 5.34 Å². The summed E-state index contributed by atoms with van der Waals surface area (Å²) in [4.78, 5) is 0. The van der Waals surface area contributed by atoms with Gasteiger partial charge in [-0.1, -0.05) is 39.5 Å². The molecule has 3 heteroatoms. The molecule has 0 bridgehead atoms. The number of alkyl halides is 2. The third kappa shape index (κ3) is 61.3. The quantitative estimate of drug-likeness (QED) is 0.548. The molecule has 0 aromatic heterocycles. The lowest BCUT2D eigenvalue weighted by Crippen LogP contribution is -1.66. The maximum atomic E-state index is 7.00. The van der Waals surface area contributed by atoms with Crippen LogP contribution in [-0.4, -0.2) is 17.6 Å². The van der Waals surface area contributed by atoms with Crippen LogP contribution in [0.5, 0.6) is 0 Å². The van der Waals surface area contributed by atoms with Gasteiger partial charge in [0.15, 0.2) is 0 Å². The van der Waals surface area contributed by atoms with Gasteiger partial charge in [0.2, 0.25) is 0 Å². The van der Waals surface area contributed by atoms with E-state index < -0.39 is 0 Å². The van der Waals surface area contributed by atoms with Crippen molar-refractivity contribution >= 4 is 23.2 Å². The summed E-state index contributed by atoms with van der Waals surface area (Å²) in [6, 6.07) is 0. The van der Waals surface area contributed by atoms with E-state index in [1.54, 1.807) is 0 Å². The van der Waals surface area contributed by atoms with Gasteiger partial charge in [-0.15, -0.1) is 23.2 Å². The number of rotatable bonds is 3. The Morgan fingerprint density at radius 2 is 1.09 bits per heavy atom. The van der Waals surface area contributed by atoms with Crippen LogP contribution < -0.4 is 0 Å². The Labute approximate surface area is 80.7 Å². The first-order valence-electron chi connectivity index (χ1n) is 3.90. The molecular weight excluding hydrogens is 183 g/mol. The van der Waals surface area contributed by atoms with E-state index in [0.29, 0.717) is 0 Å². The zero-order chi connectivity index (χ0) is 9.54. The molecule has 0 heterocycles. The minimum atomic E-state index is 0.194. The van der Waals surface area contributed by atoms with E-state index in [9.17, 15) is 0 Å². The van der Waals surface area contributed by atoms with E-state index in [4.69, 9.17) is 28.3 Å². The van der Waals surface area contributed by atoms with Crippen molar-refractivity contribution in [1.29, 1.82) is 0 Å². The number of aliphatic hydroxyl groups excluding tert-OH is 1. The second-order valence-electron chi connectivity index (χ2n) is 1.81. The molecule has 11 heavy (non-hydrogen) atoms. The van der Waals surface area contributed by atoms with Crippen molar-refractivity contribution in [2.45, 2.75) is 39.5 Å². The van der Waals surface area contributed by atoms with Gasteiger partial charge in [-0.3, -0.25) is 0 Å².